The summed E-state index contributed by atoms with van der Waals surface area (Å²) in [5.41, 5.74) is 4.11. The van der Waals surface area contributed by atoms with Crippen LogP contribution in [0.4, 0.5) is 0 Å². The van der Waals surface area contributed by atoms with E-state index in [1.165, 1.54) is 0 Å². The zero-order valence-electron chi connectivity index (χ0n) is 11.8. The van der Waals surface area contributed by atoms with Crippen molar-refractivity contribution in [3.8, 4) is 0 Å². The van der Waals surface area contributed by atoms with Crippen molar-refractivity contribution >= 4 is 11.6 Å². The number of aromatic nitrogens is 1. The second-order valence-corrected chi connectivity index (χ2v) is 6.02. The summed E-state index contributed by atoms with van der Waals surface area (Å²) >= 11 is 0. The van der Waals surface area contributed by atoms with Crippen LogP contribution in [0.5, 0.6) is 0 Å². The van der Waals surface area contributed by atoms with Gasteiger partial charge >= 0.3 is 0 Å². The van der Waals surface area contributed by atoms with Gasteiger partial charge in [0.25, 0.3) is 0 Å². The molecule has 0 aliphatic heterocycles. The Morgan fingerprint density at radius 2 is 1.76 bits per heavy atom. The predicted octanol–water partition coefficient (Wildman–Crippen LogP) is 2.98. The molecule has 3 heteroatoms. The van der Waals surface area contributed by atoms with Gasteiger partial charge in [0.15, 0.2) is 11.6 Å². The Labute approximate surface area is 123 Å². The Balaban J connectivity index is 1.99. The molecule has 0 amide bonds. The molecule has 1 atom stereocenters. The molecule has 3 nitrogen and oxygen atoms in total. The van der Waals surface area contributed by atoms with E-state index in [4.69, 9.17) is 0 Å². The smallest absolute Gasteiger partial charge is 0.196 e. The summed E-state index contributed by atoms with van der Waals surface area (Å²) in [7, 11) is 0. The molecule has 1 unspecified atom stereocenters. The van der Waals surface area contributed by atoms with Crippen molar-refractivity contribution in [1.29, 1.82) is 0 Å². The molecule has 0 saturated heterocycles. The van der Waals surface area contributed by atoms with Gasteiger partial charge in [-0.1, -0.05) is 31.2 Å². The first kappa shape index (κ1) is 12.5. The molecule has 21 heavy (non-hydrogen) atoms. The molecule has 0 spiro atoms. The van der Waals surface area contributed by atoms with Crippen LogP contribution in [0.25, 0.3) is 0 Å². The molecule has 2 aliphatic carbocycles. The Bertz CT molecular complexity index is 792. The van der Waals surface area contributed by atoms with E-state index in [0.717, 1.165) is 30.5 Å². The largest absolute Gasteiger partial charge is 0.289 e. The first-order chi connectivity index (χ1) is 10.2. The first-order valence-electron chi connectivity index (χ1n) is 7.36. The fourth-order valence-electron chi connectivity index (χ4n) is 3.45. The lowest BCUT2D eigenvalue weighted by Gasteiger charge is -2.26. The van der Waals surface area contributed by atoms with Crippen molar-refractivity contribution in [3.05, 3.63) is 64.0 Å². The van der Waals surface area contributed by atoms with E-state index in [1.54, 1.807) is 24.4 Å². The van der Waals surface area contributed by atoms with E-state index in [0.29, 0.717) is 28.2 Å². The molecule has 1 aromatic carbocycles. The topological polar surface area (TPSA) is 47.0 Å². The lowest BCUT2D eigenvalue weighted by atomic mass is 9.77. The lowest BCUT2D eigenvalue weighted by Crippen LogP contribution is -2.26. The number of pyridine rings is 1. The summed E-state index contributed by atoms with van der Waals surface area (Å²) < 4.78 is 0. The molecule has 0 bridgehead atoms. The van der Waals surface area contributed by atoms with Crippen LogP contribution in [0.2, 0.25) is 0 Å². The van der Waals surface area contributed by atoms with Gasteiger partial charge in [0.1, 0.15) is 0 Å². The summed E-state index contributed by atoms with van der Waals surface area (Å²) in [5, 5.41) is 0. The summed E-state index contributed by atoms with van der Waals surface area (Å²) in [5.74, 6) is 0.438. The standard InChI is InChI=1S/C18H15NO2/c1-10-6-7-15-13(8-10)16-14(9-19-15)17(20)11-4-2-3-5-12(11)18(16)21/h2-5,9-10H,6-8H2,1H3. The first-order valence-corrected chi connectivity index (χ1v) is 7.36. The number of ketones is 2. The molecule has 0 radical (unpaired) electrons. The minimum atomic E-state index is -0.0753. The number of hydrogen-bond donors (Lipinski definition) is 0. The van der Waals surface area contributed by atoms with E-state index in [-0.39, 0.29) is 11.6 Å². The molecule has 1 heterocycles. The average Bonchev–Trinajstić information content (AvgIpc) is 2.51. The van der Waals surface area contributed by atoms with Crippen molar-refractivity contribution in [3.63, 3.8) is 0 Å². The third kappa shape index (κ3) is 1.70. The molecule has 0 fully saturated rings. The van der Waals surface area contributed by atoms with Crippen molar-refractivity contribution in [2.75, 3.05) is 0 Å². The van der Waals surface area contributed by atoms with Gasteiger partial charge in [0.2, 0.25) is 0 Å². The molecule has 2 aromatic rings. The molecule has 2 aliphatic rings. The number of carbonyl (C=O) groups excluding carboxylic acids is 2. The summed E-state index contributed by atoms with van der Waals surface area (Å²) in [6, 6.07) is 7.08. The van der Waals surface area contributed by atoms with E-state index < -0.39 is 0 Å². The van der Waals surface area contributed by atoms with Crippen LogP contribution in [-0.2, 0) is 12.8 Å². The second kappa shape index (κ2) is 4.35. The van der Waals surface area contributed by atoms with Crippen LogP contribution in [-0.4, -0.2) is 16.6 Å². The van der Waals surface area contributed by atoms with E-state index in [9.17, 15) is 9.59 Å². The Morgan fingerprint density at radius 1 is 1.05 bits per heavy atom. The molecule has 104 valence electrons. The number of rotatable bonds is 0. The average molecular weight is 277 g/mol. The number of fused-ring (bicyclic) bond motifs is 4. The monoisotopic (exact) mass is 277 g/mol. The fourth-order valence-corrected chi connectivity index (χ4v) is 3.45. The number of carbonyl (C=O) groups is 2. The third-order valence-corrected chi connectivity index (χ3v) is 4.58. The normalized spacial score (nSPS) is 19.8. The Hall–Kier alpha value is -2.29. The van der Waals surface area contributed by atoms with Gasteiger partial charge in [-0.05, 0) is 30.7 Å². The van der Waals surface area contributed by atoms with Crippen molar-refractivity contribution in [2.24, 2.45) is 5.92 Å². The molecular weight excluding hydrogens is 262 g/mol. The van der Waals surface area contributed by atoms with Crippen LogP contribution < -0.4 is 0 Å². The van der Waals surface area contributed by atoms with Gasteiger partial charge in [-0.25, -0.2) is 0 Å². The zero-order valence-corrected chi connectivity index (χ0v) is 11.8. The Kier molecular flexibility index (Phi) is 2.58. The maximum Gasteiger partial charge on any atom is 0.196 e. The van der Waals surface area contributed by atoms with Gasteiger partial charge < -0.3 is 0 Å². The molecule has 0 saturated carbocycles. The molecular formula is C18H15NO2. The summed E-state index contributed by atoms with van der Waals surface area (Å²) in [4.78, 5) is 29.9. The fraction of sp³-hybridized carbons (Fsp3) is 0.278. The van der Waals surface area contributed by atoms with Crippen LogP contribution in [0.15, 0.2) is 30.5 Å². The highest BCUT2D eigenvalue weighted by molar-refractivity contribution is 6.28. The number of nitrogens with zero attached hydrogens (tertiary/aromatic N) is 1. The molecule has 1 aromatic heterocycles. The highest BCUT2D eigenvalue weighted by atomic mass is 16.1. The van der Waals surface area contributed by atoms with Gasteiger partial charge in [-0.3, -0.25) is 14.6 Å². The van der Waals surface area contributed by atoms with Gasteiger partial charge in [0, 0.05) is 28.6 Å². The third-order valence-electron chi connectivity index (χ3n) is 4.58. The molecule has 0 N–H and O–H groups in total. The van der Waals surface area contributed by atoms with Crippen LogP contribution in [0.1, 0.15) is 56.4 Å². The second-order valence-electron chi connectivity index (χ2n) is 6.02. The number of hydrogen-bond acceptors (Lipinski definition) is 3. The maximum absolute atomic E-state index is 12.9. The SMILES string of the molecule is CC1CCc2ncc3c(c2C1)C(=O)c1ccccc1C3=O. The summed E-state index contributed by atoms with van der Waals surface area (Å²) in [6.45, 7) is 2.19. The highest BCUT2D eigenvalue weighted by Gasteiger charge is 2.34. The van der Waals surface area contributed by atoms with Crippen LogP contribution >= 0.6 is 0 Å². The van der Waals surface area contributed by atoms with E-state index in [2.05, 4.69) is 11.9 Å². The quantitative estimate of drug-likeness (QED) is 0.634. The minimum absolute atomic E-state index is 0.0204. The van der Waals surface area contributed by atoms with Crippen molar-refractivity contribution in [1.82, 2.24) is 4.98 Å². The van der Waals surface area contributed by atoms with E-state index >= 15 is 0 Å². The van der Waals surface area contributed by atoms with Gasteiger partial charge in [-0.15, -0.1) is 0 Å². The lowest BCUT2D eigenvalue weighted by molar-refractivity contribution is 0.0977. The van der Waals surface area contributed by atoms with Crippen LogP contribution in [0.3, 0.4) is 0 Å². The highest BCUT2D eigenvalue weighted by Crippen LogP contribution is 2.34. The van der Waals surface area contributed by atoms with Gasteiger partial charge in [0.05, 0.1) is 5.56 Å². The number of benzene rings is 1. The Morgan fingerprint density at radius 3 is 2.52 bits per heavy atom. The van der Waals surface area contributed by atoms with Gasteiger partial charge in [-0.2, -0.15) is 0 Å². The van der Waals surface area contributed by atoms with Crippen LogP contribution in [0, 0.1) is 5.92 Å². The zero-order chi connectivity index (χ0) is 14.6. The van der Waals surface area contributed by atoms with Crippen molar-refractivity contribution in [2.45, 2.75) is 26.2 Å². The summed E-state index contributed by atoms with van der Waals surface area (Å²) in [6.07, 6.45) is 4.43. The minimum Gasteiger partial charge on any atom is -0.289 e. The maximum atomic E-state index is 12.9. The van der Waals surface area contributed by atoms with E-state index in [1.807, 2.05) is 6.07 Å². The predicted molar refractivity (Wildman–Crippen MR) is 78.7 cm³/mol. The number of aryl methyl sites for hydroxylation is 1. The van der Waals surface area contributed by atoms with Crippen molar-refractivity contribution < 1.29 is 9.59 Å². The molecule has 4 rings (SSSR count).